The van der Waals surface area contributed by atoms with Gasteiger partial charge in [-0.2, -0.15) is 0 Å². The lowest BCUT2D eigenvalue weighted by molar-refractivity contribution is 0.0950. The van der Waals surface area contributed by atoms with Gasteiger partial charge in [-0.15, -0.1) is 0 Å². The van der Waals surface area contributed by atoms with Crippen LogP contribution >= 0.6 is 0 Å². The highest BCUT2D eigenvalue weighted by molar-refractivity contribution is 6.06. The van der Waals surface area contributed by atoms with Gasteiger partial charge in [-0.1, -0.05) is 36.4 Å². The maximum absolute atomic E-state index is 12.7. The van der Waals surface area contributed by atoms with Crippen molar-refractivity contribution in [1.29, 1.82) is 0 Å². The maximum atomic E-state index is 12.7. The van der Waals surface area contributed by atoms with Crippen LogP contribution in [-0.4, -0.2) is 27.8 Å². The number of amides is 2. The molecular weight excluding hydrogens is 376 g/mol. The van der Waals surface area contributed by atoms with Crippen molar-refractivity contribution in [2.24, 2.45) is 0 Å². The molecule has 1 fully saturated rings. The molecule has 6 nitrogen and oxygen atoms in total. The summed E-state index contributed by atoms with van der Waals surface area (Å²) in [5.74, 6) is -0.0871. The largest absolute Gasteiger partial charge is 0.349 e. The number of anilines is 1. The lowest BCUT2D eigenvalue weighted by Gasteiger charge is -2.08. The van der Waals surface area contributed by atoms with Crippen LogP contribution in [0.5, 0.6) is 0 Å². The van der Waals surface area contributed by atoms with Crippen molar-refractivity contribution in [1.82, 2.24) is 15.3 Å². The molecule has 0 saturated heterocycles. The van der Waals surface area contributed by atoms with Crippen molar-refractivity contribution in [2.45, 2.75) is 18.4 Å². The molecule has 2 aromatic heterocycles. The Morgan fingerprint density at radius 3 is 2.57 bits per heavy atom. The third-order valence-corrected chi connectivity index (χ3v) is 5.38. The molecule has 1 aliphatic carbocycles. The van der Waals surface area contributed by atoms with E-state index in [0.717, 1.165) is 17.5 Å². The van der Waals surface area contributed by atoms with Crippen molar-refractivity contribution in [3.63, 3.8) is 0 Å². The minimum Gasteiger partial charge on any atom is -0.349 e. The summed E-state index contributed by atoms with van der Waals surface area (Å²) in [6, 6.07) is 20.8. The van der Waals surface area contributed by atoms with Gasteiger partial charge in [-0.05, 0) is 42.3 Å². The van der Waals surface area contributed by atoms with Crippen LogP contribution in [0.3, 0.4) is 0 Å². The summed E-state index contributed by atoms with van der Waals surface area (Å²) >= 11 is 0. The normalized spacial score (nSPS) is 17.5. The average Bonchev–Trinajstić information content (AvgIpc) is 3.39. The number of benzene rings is 2. The minimum absolute atomic E-state index is 0.136. The van der Waals surface area contributed by atoms with Gasteiger partial charge in [0.25, 0.3) is 11.8 Å². The Kier molecular flexibility index (Phi) is 4.52. The number of rotatable bonds is 5. The maximum Gasteiger partial charge on any atom is 0.255 e. The smallest absolute Gasteiger partial charge is 0.255 e. The van der Waals surface area contributed by atoms with E-state index in [1.807, 2.05) is 30.3 Å². The molecule has 30 heavy (non-hydrogen) atoms. The highest BCUT2D eigenvalue weighted by Crippen LogP contribution is 2.40. The molecular formula is C24H20N4O2. The van der Waals surface area contributed by atoms with E-state index in [0.29, 0.717) is 22.7 Å². The molecule has 0 aliphatic heterocycles. The summed E-state index contributed by atoms with van der Waals surface area (Å²) in [7, 11) is 0. The van der Waals surface area contributed by atoms with Gasteiger partial charge in [0.1, 0.15) is 5.65 Å². The monoisotopic (exact) mass is 396 g/mol. The number of H-pyrrole nitrogens is 1. The Morgan fingerprint density at radius 2 is 1.73 bits per heavy atom. The van der Waals surface area contributed by atoms with E-state index in [4.69, 9.17) is 0 Å². The Balaban J connectivity index is 1.25. The first-order valence-electron chi connectivity index (χ1n) is 9.88. The SMILES string of the molecule is O=C(Nc1cnc2[nH]ccc2c1)c1cccc(C(=O)NC2CC2c2ccccc2)c1. The highest BCUT2D eigenvalue weighted by atomic mass is 16.2. The van der Waals surface area contributed by atoms with Crippen molar-refractivity contribution in [2.75, 3.05) is 5.32 Å². The molecule has 148 valence electrons. The number of carbonyl (C=O) groups excluding carboxylic acids is 2. The Hall–Kier alpha value is -3.93. The first-order chi connectivity index (χ1) is 14.7. The summed E-state index contributed by atoms with van der Waals surface area (Å²) < 4.78 is 0. The second-order valence-corrected chi connectivity index (χ2v) is 7.51. The fraction of sp³-hybridized carbons (Fsp3) is 0.125. The molecule has 1 aliphatic rings. The zero-order valence-corrected chi connectivity index (χ0v) is 16.1. The van der Waals surface area contributed by atoms with Gasteiger partial charge in [0.15, 0.2) is 0 Å². The van der Waals surface area contributed by atoms with Crippen LogP contribution in [0.1, 0.15) is 38.6 Å². The fourth-order valence-corrected chi connectivity index (χ4v) is 3.69. The number of fused-ring (bicyclic) bond motifs is 1. The second-order valence-electron chi connectivity index (χ2n) is 7.51. The molecule has 5 rings (SSSR count). The topological polar surface area (TPSA) is 86.9 Å². The summed E-state index contributed by atoms with van der Waals surface area (Å²) in [5, 5.41) is 6.82. The van der Waals surface area contributed by atoms with Crippen molar-refractivity contribution < 1.29 is 9.59 Å². The number of nitrogens with zero attached hydrogens (tertiary/aromatic N) is 1. The fourth-order valence-electron chi connectivity index (χ4n) is 3.69. The molecule has 3 N–H and O–H groups in total. The number of aromatic amines is 1. The Labute approximate surface area is 173 Å². The number of hydrogen-bond acceptors (Lipinski definition) is 3. The van der Waals surface area contributed by atoms with Crippen LogP contribution in [0.25, 0.3) is 11.0 Å². The predicted molar refractivity (Wildman–Crippen MR) is 116 cm³/mol. The number of nitrogens with one attached hydrogen (secondary N) is 3. The third-order valence-electron chi connectivity index (χ3n) is 5.38. The summed E-state index contributed by atoms with van der Waals surface area (Å²) in [6.45, 7) is 0. The molecule has 2 unspecified atom stereocenters. The number of pyridine rings is 1. The number of aromatic nitrogens is 2. The average molecular weight is 396 g/mol. The Bertz CT molecular complexity index is 1230. The first kappa shape index (κ1) is 18.1. The van der Waals surface area contributed by atoms with Crippen LogP contribution in [0.2, 0.25) is 0 Å². The molecule has 2 heterocycles. The molecule has 2 amide bonds. The van der Waals surface area contributed by atoms with Crippen molar-refractivity contribution >= 4 is 28.5 Å². The van der Waals surface area contributed by atoms with Gasteiger partial charge in [-0.25, -0.2) is 4.98 Å². The lowest BCUT2D eigenvalue weighted by atomic mass is 10.1. The highest BCUT2D eigenvalue weighted by Gasteiger charge is 2.39. The van der Waals surface area contributed by atoms with Crippen LogP contribution in [0.4, 0.5) is 5.69 Å². The summed E-state index contributed by atoms with van der Waals surface area (Å²) in [5.41, 5.74) is 3.50. The van der Waals surface area contributed by atoms with Gasteiger partial charge >= 0.3 is 0 Å². The molecule has 2 aromatic carbocycles. The van der Waals surface area contributed by atoms with E-state index >= 15 is 0 Å². The minimum atomic E-state index is -0.282. The van der Waals surface area contributed by atoms with Gasteiger partial charge in [0.2, 0.25) is 0 Å². The van der Waals surface area contributed by atoms with Crippen LogP contribution in [0, 0.1) is 0 Å². The lowest BCUT2D eigenvalue weighted by Crippen LogP contribution is -2.27. The number of carbonyl (C=O) groups is 2. The van der Waals surface area contributed by atoms with E-state index in [9.17, 15) is 9.59 Å². The van der Waals surface area contributed by atoms with Crippen molar-refractivity contribution in [3.05, 3.63) is 95.8 Å². The zero-order chi connectivity index (χ0) is 20.5. The summed E-state index contributed by atoms with van der Waals surface area (Å²) in [6.07, 6.45) is 4.34. The molecule has 0 radical (unpaired) electrons. The van der Waals surface area contributed by atoms with Crippen molar-refractivity contribution in [3.8, 4) is 0 Å². The number of hydrogen-bond donors (Lipinski definition) is 3. The molecule has 0 spiro atoms. The van der Waals surface area contributed by atoms with Gasteiger partial charge in [0, 0.05) is 34.7 Å². The van der Waals surface area contributed by atoms with Crippen LogP contribution in [0.15, 0.2) is 79.1 Å². The van der Waals surface area contributed by atoms with Gasteiger partial charge in [0.05, 0.1) is 11.9 Å². The Morgan fingerprint density at radius 1 is 0.933 bits per heavy atom. The van der Waals surface area contributed by atoms with Crippen LogP contribution in [-0.2, 0) is 0 Å². The van der Waals surface area contributed by atoms with E-state index in [2.05, 4.69) is 32.7 Å². The quantitative estimate of drug-likeness (QED) is 0.475. The van der Waals surface area contributed by atoms with E-state index in [1.165, 1.54) is 5.56 Å². The predicted octanol–water partition coefficient (Wildman–Crippen LogP) is 4.10. The molecule has 2 atom stereocenters. The van der Waals surface area contributed by atoms with E-state index in [1.54, 1.807) is 36.7 Å². The van der Waals surface area contributed by atoms with Gasteiger partial charge in [-0.3, -0.25) is 9.59 Å². The summed E-state index contributed by atoms with van der Waals surface area (Å²) in [4.78, 5) is 32.6. The molecule has 4 aromatic rings. The van der Waals surface area contributed by atoms with Gasteiger partial charge < -0.3 is 15.6 Å². The van der Waals surface area contributed by atoms with E-state index < -0.39 is 0 Å². The zero-order valence-electron chi connectivity index (χ0n) is 16.1. The van der Waals surface area contributed by atoms with Crippen LogP contribution < -0.4 is 10.6 Å². The molecule has 0 bridgehead atoms. The first-order valence-corrected chi connectivity index (χ1v) is 9.88. The standard InChI is InChI=1S/C24H20N4O2/c29-23(27-19-12-16-9-10-25-22(16)26-14-19)17-7-4-8-18(11-17)24(30)28-21-13-20(21)15-5-2-1-3-6-15/h1-12,14,20-21H,13H2,(H,25,26)(H,27,29)(H,28,30). The molecule has 1 saturated carbocycles. The second kappa shape index (κ2) is 7.48. The van der Waals surface area contributed by atoms with E-state index in [-0.39, 0.29) is 17.9 Å². The molecule has 6 heteroatoms. The third kappa shape index (κ3) is 3.67.